The number of carbonyl (C=O) groups excluding carboxylic acids is 2. The summed E-state index contributed by atoms with van der Waals surface area (Å²) >= 11 is 3.24. The third kappa shape index (κ3) is 4.09. The number of esters is 1. The fourth-order valence-corrected chi connectivity index (χ4v) is 3.03. The van der Waals surface area contributed by atoms with Gasteiger partial charge in [-0.25, -0.2) is 4.79 Å². The number of carbonyl (C=O) groups is 2. The minimum atomic E-state index is -0.571. The van der Waals surface area contributed by atoms with Gasteiger partial charge in [0.05, 0.1) is 6.04 Å². The SMILES string of the molecule is C[C@H](NC(=O)COC(=O)c1cc(Br)c[nH]1)c1cccc2ccccc12. The Morgan fingerprint density at radius 3 is 2.72 bits per heavy atom. The van der Waals surface area contributed by atoms with Crippen LogP contribution in [0, 0.1) is 0 Å². The fourth-order valence-electron chi connectivity index (χ4n) is 2.68. The van der Waals surface area contributed by atoms with Gasteiger partial charge in [0.15, 0.2) is 6.61 Å². The molecule has 0 spiro atoms. The predicted molar refractivity (Wildman–Crippen MR) is 99.3 cm³/mol. The molecule has 0 saturated carbocycles. The standard InChI is InChI=1S/C19H17BrN2O3/c1-12(15-8-4-6-13-5-2-3-7-16(13)15)22-18(23)11-25-19(24)17-9-14(20)10-21-17/h2-10,12,21H,11H2,1H3,(H,22,23)/t12-/m0/s1. The molecule has 5 nitrogen and oxygen atoms in total. The van der Waals surface area contributed by atoms with E-state index in [1.54, 1.807) is 12.3 Å². The lowest BCUT2D eigenvalue weighted by atomic mass is 10.00. The van der Waals surface area contributed by atoms with E-state index in [-0.39, 0.29) is 18.6 Å². The maximum Gasteiger partial charge on any atom is 0.355 e. The number of ether oxygens (including phenoxy) is 1. The van der Waals surface area contributed by atoms with Gasteiger partial charge >= 0.3 is 5.97 Å². The summed E-state index contributed by atoms with van der Waals surface area (Å²) in [5.74, 6) is -0.918. The Labute approximate surface area is 153 Å². The van der Waals surface area contributed by atoms with Crippen molar-refractivity contribution in [3.05, 3.63) is 70.5 Å². The topological polar surface area (TPSA) is 71.2 Å². The average Bonchev–Trinajstić information content (AvgIpc) is 3.05. The maximum atomic E-state index is 12.1. The van der Waals surface area contributed by atoms with Gasteiger partial charge in [0.2, 0.25) is 0 Å². The molecular weight excluding hydrogens is 384 g/mol. The van der Waals surface area contributed by atoms with E-state index >= 15 is 0 Å². The summed E-state index contributed by atoms with van der Waals surface area (Å²) in [5.41, 5.74) is 1.31. The molecule has 0 unspecified atom stereocenters. The zero-order valence-electron chi connectivity index (χ0n) is 13.6. The minimum absolute atomic E-state index is 0.197. The van der Waals surface area contributed by atoms with Crippen molar-refractivity contribution < 1.29 is 14.3 Å². The van der Waals surface area contributed by atoms with Crippen molar-refractivity contribution in [1.82, 2.24) is 10.3 Å². The highest BCUT2D eigenvalue weighted by Gasteiger charge is 2.15. The number of fused-ring (bicyclic) bond motifs is 1. The van der Waals surface area contributed by atoms with Crippen molar-refractivity contribution in [3.8, 4) is 0 Å². The first kappa shape index (κ1) is 17.2. The number of hydrogen-bond donors (Lipinski definition) is 2. The van der Waals surface area contributed by atoms with E-state index in [9.17, 15) is 9.59 Å². The Morgan fingerprint density at radius 1 is 1.20 bits per heavy atom. The number of amides is 1. The molecule has 1 heterocycles. The molecule has 0 aliphatic rings. The van der Waals surface area contributed by atoms with Crippen LogP contribution in [0.25, 0.3) is 10.8 Å². The van der Waals surface area contributed by atoms with Gasteiger partial charge in [-0.3, -0.25) is 4.79 Å². The first-order valence-corrected chi connectivity index (χ1v) is 8.62. The zero-order chi connectivity index (χ0) is 17.8. The molecule has 6 heteroatoms. The summed E-state index contributed by atoms with van der Waals surface area (Å²) < 4.78 is 5.77. The van der Waals surface area contributed by atoms with Crippen LogP contribution in [0.15, 0.2) is 59.2 Å². The second-order valence-corrected chi connectivity index (χ2v) is 6.58. The third-order valence-electron chi connectivity index (χ3n) is 3.87. The molecule has 1 amide bonds. The number of halogens is 1. The Hall–Kier alpha value is -2.60. The molecule has 1 aromatic heterocycles. The second kappa shape index (κ2) is 7.53. The first-order valence-electron chi connectivity index (χ1n) is 7.82. The maximum absolute atomic E-state index is 12.1. The van der Waals surface area contributed by atoms with Crippen LogP contribution >= 0.6 is 15.9 Å². The van der Waals surface area contributed by atoms with Crippen LogP contribution in [0.1, 0.15) is 29.0 Å². The Balaban J connectivity index is 1.61. The van der Waals surface area contributed by atoms with Crippen molar-refractivity contribution >= 4 is 38.6 Å². The fraction of sp³-hybridized carbons (Fsp3) is 0.158. The number of H-pyrrole nitrogens is 1. The van der Waals surface area contributed by atoms with E-state index in [1.165, 1.54) is 0 Å². The normalized spacial score (nSPS) is 11.9. The molecule has 0 saturated heterocycles. The molecule has 0 aliphatic carbocycles. The Bertz CT molecular complexity index is 914. The van der Waals surface area contributed by atoms with Gasteiger partial charge < -0.3 is 15.0 Å². The molecule has 128 valence electrons. The van der Waals surface area contributed by atoms with Crippen LogP contribution < -0.4 is 5.32 Å². The summed E-state index contributed by atoms with van der Waals surface area (Å²) in [4.78, 5) is 26.7. The highest BCUT2D eigenvalue weighted by molar-refractivity contribution is 9.10. The molecule has 0 bridgehead atoms. The van der Waals surface area contributed by atoms with Crippen LogP contribution in [0.4, 0.5) is 0 Å². The highest BCUT2D eigenvalue weighted by Crippen LogP contribution is 2.23. The van der Waals surface area contributed by atoms with E-state index in [2.05, 4.69) is 26.2 Å². The lowest BCUT2D eigenvalue weighted by molar-refractivity contribution is -0.124. The monoisotopic (exact) mass is 400 g/mol. The van der Waals surface area contributed by atoms with Crippen molar-refractivity contribution in [2.75, 3.05) is 6.61 Å². The molecule has 1 atom stereocenters. The molecule has 2 N–H and O–H groups in total. The summed E-state index contributed by atoms with van der Waals surface area (Å²) in [6.07, 6.45) is 1.62. The minimum Gasteiger partial charge on any atom is -0.451 e. The van der Waals surface area contributed by atoms with Gasteiger partial charge in [-0.2, -0.15) is 0 Å². The van der Waals surface area contributed by atoms with E-state index in [1.807, 2.05) is 49.4 Å². The van der Waals surface area contributed by atoms with Crippen LogP contribution in [-0.2, 0) is 9.53 Å². The lowest BCUT2D eigenvalue weighted by Crippen LogP contribution is -2.31. The van der Waals surface area contributed by atoms with Crippen molar-refractivity contribution in [2.45, 2.75) is 13.0 Å². The van der Waals surface area contributed by atoms with Gasteiger partial charge in [0, 0.05) is 10.7 Å². The van der Waals surface area contributed by atoms with Crippen LogP contribution in [-0.4, -0.2) is 23.5 Å². The van der Waals surface area contributed by atoms with Gasteiger partial charge in [-0.05, 0) is 45.3 Å². The molecule has 0 radical (unpaired) electrons. The lowest BCUT2D eigenvalue weighted by Gasteiger charge is -2.16. The number of rotatable bonds is 5. The van der Waals surface area contributed by atoms with E-state index < -0.39 is 5.97 Å². The summed E-state index contributed by atoms with van der Waals surface area (Å²) in [7, 11) is 0. The van der Waals surface area contributed by atoms with E-state index in [4.69, 9.17) is 4.74 Å². The summed E-state index contributed by atoms with van der Waals surface area (Å²) in [5, 5.41) is 5.07. The number of aromatic nitrogens is 1. The Morgan fingerprint density at radius 2 is 1.96 bits per heavy atom. The van der Waals surface area contributed by atoms with Crippen molar-refractivity contribution in [2.24, 2.45) is 0 Å². The van der Waals surface area contributed by atoms with Crippen molar-refractivity contribution in [3.63, 3.8) is 0 Å². The molecule has 2 aromatic carbocycles. The van der Waals surface area contributed by atoms with Crippen molar-refractivity contribution in [1.29, 1.82) is 0 Å². The van der Waals surface area contributed by atoms with E-state index in [0.29, 0.717) is 5.69 Å². The Kier molecular flexibility index (Phi) is 5.19. The molecular formula is C19H17BrN2O3. The number of aromatic amines is 1. The van der Waals surface area contributed by atoms with E-state index in [0.717, 1.165) is 20.8 Å². The smallest absolute Gasteiger partial charge is 0.355 e. The first-order chi connectivity index (χ1) is 12.0. The third-order valence-corrected chi connectivity index (χ3v) is 4.33. The van der Waals surface area contributed by atoms with Crippen LogP contribution in [0.3, 0.4) is 0 Å². The summed E-state index contributed by atoms with van der Waals surface area (Å²) in [6, 6.07) is 15.4. The molecule has 0 fully saturated rings. The number of benzene rings is 2. The van der Waals surface area contributed by atoms with Gasteiger partial charge in [0.25, 0.3) is 5.91 Å². The zero-order valence-corrected chi connectivity index (χ0v) is 15.2. The second-order valence-electron chi connectivity index (χ2n) is 5.67. The summed E-state index contributed by atoms with van der Waals surface area (Å²) in [6.45, 7) is 1.58. The van der Waals surface area contributed by atoms with Crippen LogP contribution in [0.5, 0.6) is 0 Å². The molecule has 0 aliphatic heterocycles. The average molecular weight is 401 g/mol. The van der Waals surface area contributed by atoms with Crippen LogP contribution in [0.2, 0.25) is 0 Å². The quantitative estimate of drug-likeness (QED) is 0.636. The van der Waals surface area contributed by atoms with Gasteiger partial charge in [-0.15, -0.1) is 0 Å². The molecule has 25 heavy (non-hydrogen) atoms. The highest BCUT2D eigenvalue weighted by atomic mass is 79.9. The molecule has 3 aromatic rings. The van der Waals surface area contributed by atoms with Gasteiger partial charge in [-0.1, -0.05) is 42.5 Å². The number of hydrogen-bond acceptors (Lipinski definition) is 3. The predicted octanol–water partition coefficient (Wildman–Crippen LogP) is 3.96. The largest absolute Gasteiger partial charge is 0.451 e. The van der Waals surface area contributed by atoms with Gasteiger partial charge in [0.1, 0.15) is 5.69 Å². The number of nitrogens with one attached hydrogen (secondary N) is 2. The molecule has 3 rings (SSSR count).